The van der Waals surface area contributed by atoms with Crippen LogP contribution in [0.5, 0.6) is 0 Å². The Morgan fingerprint density at radius 2 is 2.17 bits per heavy atom. The Morgan fingerprint density at radius 1 is 1.58 bits per heavy atom. The number of nitrogens with zero attached hydrogens (tertiary/aromatic N) is 1. The summed E-state index contributed by atoms with van der Waals surface area (Å²) in [5.74, 6) is -0.854. The van der Waals surface area contributed by atoms with Crippen LogP contribution in [0, 0.1) is 10.1 Å². The molecule has 0 saturated carbocycles. The summed E-state index contributed by atoms with van der Waals surface area (Å²) in [4.78, 5) is 9.50. The third kappa shape index (κ3) is 2.02. The van der Waals surface area contributed by atoms with E-state index in [0.29, 0.717) is 19.6 Å². The predicted octanol–water partition coefficient (Wildman–Crippen LogP) is 0.930. The summed E-state index contributed by atoms with van der Waals surface area (Å²) < 4.78 is 10.5. The van der Waals surface area contributed by atoms with Crippen molar-refractivity contribution in [3.8, 4) is 0 Å². The zero-order valence-electron chi connectivity index (χ0n) is 6.86. The van der Waals surface area contributed by atoms with E-state index in [-0.39, 0.29) is 0 Å². The van der Waals surface area contributed by atoms with Crippen molar-refractivity contribution in [2.75, 3.05) is 13.2 Å². The maximum absolute atomic E-state index is 10.0. The maximum atomic E-state index is 10.0. The van der Waals surface area contributed by atoms with E-state index in [4.69, 9.17) is 9.47 Å². The second kappa shape index (κ2) is 3.64. The van der Waals surface area contributed by atoms with E-state index in [1.807, 2.05) is 6.92 Å². The summed E-state index contributed by atoms with van der Waals surface area (Å²) in [5, 5.41) is 10.0. The van der Waals surface area contributed by atoms with E-state index in [1.165, 1.54) is 6.08 Å². The monoisotopic (exact) mass is 173 g/mol. The van der Waals surface area contributed by atoms with Gasteiger partial charge in [-0.05, 0) is 0 Å². The van der Waals surface area contributed by atoms with Gasteiger partial charge in [0.2, 0.25) is 6.20 Å². The van der Waals surface area contributed by atoms with Crippen LogP contribution in [0.15, 0.2) is 12.3 Å². The Morgan fingerprint density at radius 3 is 2.58 bits per heavy atom. The van der Waals surface area contributed by atoms with Crippen LogP contribution in [0.25, 0.3) is 0 Å². The molecule has 0 aromatic rings. The molecule has 1 heterocycles. The number of nitro groups is 1. The molecule has 0 aliphatic carbocycles. The summed E-state index contributed by atoms with van der Waals surface area (Å²) in [5.41, 5.74) is 0. The van der Waals surface area contributed by atoms with Crippen molar-refractivity contribution in [3.63, 3.8) is 0 Å². The van der Waals surface area contributed by atoms with Gasteiger partial charge >= 0.3 is 0 Å². The summed E-state index contributed by atoms with van der Waals surface area (Å²) in [6.45, 7) is 2.85. The zero-order chi connectivity index (χ0) is 9.03. The molecule has 0 aromatic heterocycles. The highest BCUT2D eigenvalue weighted by atomic mass is 16.7. The summed E-state index contributed by atoms with van der Waals surface area (Å²) in [7, 11) is 0. The highest BCUT2D eigenvalue weighted by Gasteiger charge is 2.32. The average Bonchev–Trinajstić information content (AvgIpc) is 2.50. The Bertz CT molecular complexity index is 196. The Labute approximate surface area is 70.1 Å². The van der Waals surface area contributed by atoms with Gasteiger partial charge in [-0.25, -0.2) is 0 Å². The first-order valence-corrected chi connectivity index (χ1v) is 3.79. The van der Waals surface area contributed by atoms with Crippen LogP contribution in [0.1, 0.15) is 13.3 Å². The molecule has 0 N–H and O–H groups in total. The van der Waals surface area contributed by atoms with Gasteiger partial charge in [-0.3, -0.25) is 10.1 Å². The lowest BCUT2D eigenvalue weighted by atomic mass is 10.2. The second-order valence-electron chi connectivity index (χ2n) is 2.46. The number of ether oxygens (including phenoxy) is 2. The van der Waals surface area contributed by atoms with Crippen molar-refractivity contribution >= 4 is 0 Å². The molecule has 0 radical (unpaired) electrons. The standard InChI is InChI=1S/C7H11NO4/c1-2-7(3-4-8(9)10)11-5-6-12-7/h3-4H,2,5-6H2,1H3/b4-3+. The fraction of sp³-hybridized carbons (Fsp3) is 0.714. The molecule has 0 amide bonds. The highest BCUT2D eigenvalue weighted by Crippen LogP contribution is 2.24. The quantitative estimate of drug-likeness (QED) is 0.470. The molecule has 68 valence electrons. The van der Waals surface area contributed by atoms with E-state index in [2.05, 4.69) is 0 Å². The van der Waals surface area contributed by atoms with Gasteiger partial charge in [-0.1, -0.05) is 6.92 Å². The molecule has 1 aliphatic heterocycles. The van der Waals surface area contributed by atoms with Gasteiger partial charge in [0.25, 0.3) is 0 Å². The first-order chi connectivity index (χ1) is 5.68. The fourth-order valence-corrected chi connectivity index (χ4v) is 1.06. The highest BCUT2D eigenvalue weighted by molar-refractivity contribution is 4.93. The lowest BCUT2D eigenvalue weighted by Gasteiger charge is -2.19. The van der Waals surface area contributed by atoms with Crippen LogP contribution in [0.4, 0.5) is 0 Å². The molecule has 0 spiro atoms. The topological polar surface area (TPSA) is 61.6 Å². The molecule has 0 atom stereocenters. The van der Waals surface area contributed by atoms with E-state index >= 15 is 0 Å². The lowest BCUT2D eigenvalue weighted by molar-refractivity contribution is -0.404. The fourth-order valence-electron chi connectivity index (χ4n) is 1.06. The molecule has 5 heteroatoms. The van der Waals surface area contributed by atoms with Gasteiger partial charge in [0.05, 0.1) is 18.1 Å². The summed E-state index contributed by atoms with van der Waals surface area (Å²) >= 11 is 0. The van der Waals surface area contributed by atoms with Crippen LogP contribution >= 0.6 is 0 Å². The van der Waals surface area contributed by atoms with Crippen molar-refractivity contribution in [2.24, 2.45) is 0 Å². The van der Waals surface area contributed by atoms with Crippen molar-refractivity contribution < 1.29 is 14.4 Å². The molecular formula is C7H11NO4. The molecule has 1 saturated heterocycles. The van der Waals surface area contributed by atoms with Gasteiger partial charge in [0, 0.05) is 12.5 Å². The smallest absolute Gasteiger partial charge is 0.235 e. The van der Waals surface area contributed by atoms with E-state index in [9.17, 15) is 10.1 Å². The Kier molecular flexibility index (Phi) is 2.78. The van der Waals surface area contributed by atoms with Crippen molar-refractivity contribution in [1.82, 2.24) is 0 Å². The van der Waals surface area contributed by atoms with E-state index < -0.39 is 10.7 Å². The number of hydrogen-bond acceptors (Lipinski definition) is 4. The largest absolute Gasteiger partial charge is 0.344 e. The third-order valence-corrected chi connectivity index (χ3v) is 1.72. The van der Waals surface area contributed by atoms with Gasteiger partial charge < -0.3 is 9.47 Å². The lowest BCUT2D eigenvalue weighted by Crippen LogP contribution is -2.26. The number of rotatable bonds is 3. The van der Waals surface area contributed by atoms with Gasteiger partial charge in [0.1, 0.15) is 0 Å². The van der Waals surface area contributed by atoms with Gasteiger partial charge in [0.15, 0.2) is 5.79 Å². The minimum absolute atomic E-state index is 0.496. The molecule has 0 unspecified atom stereocenters. The molecule has 12 heavy (non-hydrogen) atoms. The summed E-state index contributed by atoms with van der Waals surface area (Å²) in [6, 6.07) is 0. The zero-order valence-corrected chi connectivity index (χ0v) is 6.86. The van der Waals surface area contributed by atoms with E-state index in [1.54, 1.807) is 0 Å². The van der Waals surface area contributed by atoms with Crippen LogP contribution in [0.3, 0.4) is 0 Å². The first-order valence-electron chi connectivity index (χ1n) is 3.79. The van der Waals surface area contributed by atoms with Gasteiger partial charge in [-0.15, -0.1) is 0 Å². The van der Waals surface area contributed by atoms with Crippen molar-refractivity contribution in [2.45, 2.75) is 19.1 Å². The minimum atomic E-state index is -0.854. The average molecular weight is 173 g/mol. The third-order valence-electron chi connectivity index (χ3n) is 1.72. The van der Waals surface area contributed by atoms with E-state index in [0.717, 1.165) is 6.20 Å². The Hall–Kier alpha value is -0.940. The molecule has 5 nitrogen and oxygen atoms in total. The minimum Gasteiger partial charge on any atom is -0.344 e. The predicted molar refractivity (Wildman–Crippen MR) is 41.1 cm³/mol. The molecule has 1 fully saturated rings. The normalized spacial score (nSPS) is 21.8. The summed E-state index contributed by atoms with van der Waals surface area (Å²) in [6.07, 6.45) is 2.78. The molecule has 1 aliphatic rings. The molecule has 0 bridgehead atoms. The molecule has 1 rings (SSSR count). The number of hydrogen-bond donors (Lipinski definition) is 0. The first kappa shape index (κ1) is 9.15. The van der Waals surface area contributed by atoms with Crippen molar-refractivity contribution in [1.29, 1.82) is 0 Å². The van der Waals surface area contributed by atoms with Crippen LogP contribution < -0.4 is 0 Å². The van der Waals surface area contributed by atoms with Crippen LogP contribution in [0.2, 0.25) is 0 Å². The maximum Gasteiger partial charge on any atom is 0.235 e. The molecule has 0 aromatic carbocycles. The molecular weight excluding hydrogens is 162 g/mol. The van der Waals surface area contributed by atoms with Crippen LogP contribution in [-0.4, -0.2) is 23.9 Å². The Balaban J connectivity index is 2.61. The second-order valence-corrected chi connectivity index (χ2v) is 2.46. The van der Waals surface area contributed by atoms with Crippen molar-refractivity contribution in [3.05, 3.63) is 22.4 Å². The van der Waals surface area contributed by atoms with Crippen LogP contribution in [-0.2, 0) is 9.47 Å². The van der Waals surface area contributed by atoms with Gasteiger partial charge in [-0.2, -0.15) is 0 Å². The SMILES string of the molecule is CCC1(/C=C/[N+](=O)[O-])OCCO1.